The summed E-state index contributed by atoms with van der Waals surface area (Å²) in [6, 6.07) is 0. The molecular formula is C22H45NO2P+. The molecule has 0 aromatic rings. The fourth-order valence-electron chi connectivity index (χ4n) is 3.75. The minimum Gasteiger partial charge on any atom is -0.314 e. The molecule has 1 unspecified atom stereocenters. The van der Waals surface area contributed by atoms with E-state index in [9.17, 15) is 9.13 Å². The van der Waals surface area contributed by atoms with E-state index in [2.05, 4.69) is 19.1 Å². The molecule has 0 spiro atoms. The maximum Gasteiger partial charge on any atom is 0.378 e. The summed E-state index contributed by atoms with van der Waals surface area (Å²) in [6.45, 7) is 4.26. The standard InChI is InChI=1S/C22H45NO2P/c1-6-8-9-10-11-12-13-14-15-16-17-18-19-20-21-22(7-2,26(24)25)23(3,4)5/h11-12H,6-10,13-21H2,1-5H3/q+1. The van der Waals surface area contributed by atoms with E-state index in [1.54, 1.807) is 0 Å². The van der Waals surface area contributed by atoms with Gasteiger partial charge in [-0.15, -0.1) is 0 Å². The summed E-state index contributed by atoms with van der Waals surface area (Å²) < 4.78 is 24.3. The van der Waals surface area contributed by atoms with Gasteiger partial charge in [0.25, 0.3) is 0 Å². The van der Waals surface area contributed by atoms with Gasteiger partial charge in [0.05, 0.1) is 21.1 Å². The van der Waals surface area contributed by atoms with E-state index in [1.807, 2.05) is 28.1 Å². The normalized spacial score (nSPS) is 14.7. The van der Waals surface area contributed by atoms with Crippen molar-refractivity contribution in [2.75, 3.05) is 21.1 Å². The number of unbranched alkanes of at least 4 members (excludes halogenated alkanes) is 10. The van der Waals surface area contributed by atoms with E-state index in [1.165, 1.54) is 64.2 Å². The summed E-state index contributed by atoms with van der Waals surface area (Å²) in [7, 11) is 3.61. The smallest absolute Gasteiger partial charge is 0.314 e. The average Bonchev–Trinajstić information content (AvgIpc) is 2.57. The molecule has 0 heterocycles. The van der Waals surface area contributed by atoms with Crippen LogP contribution in [0.25, 0.3) is 0 Å². The maximum atomic E-state index is 11.9. The van der Waals surface area contributed by atoms with E-state index in [4.69, 9.17) is 0 Å². The van der Waals surface area contributed by atoms with Gasteiger partial charge in [-0.2, -0.15) is 0 Å². The van der Waals surface area contributed by atoms with Crippen molar-refractivity contribution in [1.29, 1.82) is 0 Å². The zero-order valence-electron chi connectivity index (χ0n) is 18.3. The van der Waals surface area contributed by atoms with Crippen molar-refractivity contribution in [2.24, 2.45) is 0 Å². The molecule has 4 heteroatoms. The Hall–Kier alpha value is -0.400. The summed E-state index contributed by atoms with van der Waals surface area (Å²) >= 11 is 0. The van der Waals surface area contributed by atoms with Crippen molar-refractivity contribution in [2.45, 2.75) is 109 Å². The number of allylic oxidation sites excluding steroid dienone is 2. The van der Waals surface area contributed by atoms with E-state index in [0.717, 1.165) is 19.3 Å². The molecule has 0 rings (SSSR count). The third-order valence-corrected chi connectivity index (χ3v) is 7.56. The van der Waals surface area contributed by atoms with Gasteiger partial charge in [0.1, 0.15) is 0 Å². The van der Waals surface area contributed by atoms with Crippen LogP contribution in [0.2, 0.25) is 0 Å². The first-order chi connectivity index (χ1) is 12.3. The van der Waals surface area contributed by atoms with Crippen LogP contribution in [0.4, 0.5) is 0 Å². The second-order valence-corrected chi connectivity index (χ2v) is 9.93. The van der Waals surface area contributed by atoms with Crippen LogP contribution in [0, 0.1) is 0 Å². The molecule has 3 nitrogen and oxygen atoms in total. The van der Waals surface area contributed by atoms with E-state index in [0.29, 0.717) is 10.9 Å². The third-order valence-electron chi connectivity index (χ3n) is 5.74. The number of rotatable bonds is 17. The van der Waals surface area contributed by atoms with Crippen LogP contribution in [0.1, 0.15) is 104 Å². The molecule has 0 aliphatic rings. The second kappa shape index (κ2) is 14.6. The highest BCUT2D eigenvalue weighted by Gasteiger charge is 2.46. The third kappa shape index (κ3) is 10.1. The molecule has 0 aromatic heterocycles. The van der Waals surface area contributed by atoms with Crippen molar-refractivity contribution in [1.82, 2.24) is 0 Å². The molecule has 154 valence electrons. The maximum absolute atomic E-state index is 11.9. The molecule has 0 aliphatic carbocycles. The molecule has 0 bridgehead atoms. The van der Waals surface area contributed by atoms with Gasteiger partial charge < -0.3 is 4.48 Å². The lowest BCUT2D eigenvalue weighted by Crippen LogP contribution is -2.53. The number of nitrogens with zero attached hydrogens (tertiary/aromatic N) is 1. The number of hydrogen-bond donors (Lipinski definition) is 0. The molecule has 0 aromatic carbocycles. The first kappa shape index (κ1) is 25.6. The Morgan fingerprint density at radius 2 is 1.19 bits per heavy atom. The molecule has 0 saturated heterocycles. The highest BCUT2D eigenvalue weighted by molar-refractivity contribution is 7.32. The Labute approximate surface area is 164 Å². The van der Waals surface area contributed by atoms with Crippen molar-refractivity contribution < 1.29 is 13.6 Å². The molecular weight excluding hydrogens is 341 g/mol. The van der Waals surface area contributed by atoms with Gasteiger partial charge in [-0.25, -0.2) is 9.13 Å². The van der Waals surface area contributed by atoms with E-state index < -0.39 is 13.0 Å². The van der Waals surface area contributed by atoms with Crippen LogP contribution in [-0.2, 0) is 9.13 Å². The Kier molecular flexibility index (Phi) is 14.4. The fraction of sp³-hybridized carbons (Fsp3) is 0.909. The first-order valence-electron chi connectivity index (χ1n) is 10.9. The van der Waals surface area contributed by atoms with Crippen LogP contribution < -0.4 is 0 Å². The summed E-state index contributed by atoms with van der Waals surface area (Å²) in [5.41, 5.74) is 0. The zero-order chi connectivity index (χ0) is 19.9. The molecule has 0 radical (unpaired) electrons. The Morgan fingerprint density at radius 1 is 0.731 bits per heavy atom. The summed E-state index contributed by atoms with van der Waals surface area (Å²) in [4.78, 5) is 0. The van der Waals surface area contributed by atoms with Crippen LogP contribution in [-0.4, -0.2) is 30.9 Å². The fourth-order valence-corrected chi connectivity index (χ4v) is 4.84. The highest BCUT2D eigenvalue weighted by atomic mass is 31.1. The van der Waals surface area contributed by atoms with Gasteiger partial charge in [-0.05, 0) is 32.1 Å². The second-order valence-electron chi connectivity index (χ2n) is 8.59. The highest BCUT2D eigenvalue weighted by Crippen LogP contribution is 2.43. The van der Waals surface area contributed by atoms with Gasteiger partial charge in [0.15, 0.2) is 0 Å². The Morgan fingerprint density at radius 3 is 1.62 bits per heavy atom. The van der Waals surface area contributed by atoms with Crippen LogP contribution in [0.3, 0.4) is 0 Å². The zero-order valence-corrected chi connectivity index (χ0v) is 19.2. The summed E-state index contributed by atoms with van der Waals surface area (Å²) in [5.74, 6) is 0. The summed E-state index contributed by atoms with van der Waals surface area (Å²) in [5, 5.41) is -0.598. The molecule has 0 fully saturated rings. The summed E-state index contributed by atoms with van der Waals surface area (Å²) in [6.07, 6.45) is 21.3. The Bertz CT molecular complexity index is 430. The van der Waals surface area contributed by atoms with Gasteiger partial charge in [0.2, 0.25) is 5.28 Å². The van der Waals surface area contributed by atoms with Gasteiger partial charge in [-0.1, -0.05) is 70.9 Å². The lowest BCUT2D eigenvalue weighted by Gasteiger charge is -2.40. The van der Waals surface area contributed by atoms with E-state index in [-0.39, 0.29) is 0 Å². The lowest BCUT2D eigenvalue weighted by molar-refractivity contribution is -0.908. The lowest BCUT2D eigenvalue weighted by atomic mass is 10.0. The molecule has 26 heavy (non-hydrogen) atoms. The van der Waals surface area contributed by atoms with Crippen molar-refractivity contribution >= 4 is 7.68 Å². The predicted octanol–water partition coefficient (Wildman–Crippen LogP) is 7.62. The predicted molar refractivity (Wildman–Crippen MR) is 114 cm³/mol. The van der Waals surface area contributed by atoms with Crippen molar-refractivity contribution in [3.63, 3.8) is 0 Å². The van der Waals surface area contributed by atoms with Crippen molar-refractivity contribution in [3.8, 4) is 0 Å². The Balaban J connectivity index is 3.75. The average molecular weight is 387 g/mol. The number of hydrogen-bond acceptors (Lipinski definition) is 2. The number of quaternary nitrogens is 1. The minimum atomic E-state index is -2.41. The molecule has 0 aliphatic heterocycles. The van der Waals surface area contributed by atoms with E-state index >= 15 is 0 Å². The van der Waals surface area contributed by atoms with Gasteiger partial charge in [-0.3, -0.25) is 0 Å². The van der Waals surface area contributed by atoms with Gasteiger partial charge in [0, 0.05) is 12.8 Å². The quantitative estimate of drug-likeness (QED) is 0.111. The molecule has 0 saturated carbocycles. The molecule has 0 amide bonds. The topological polar surface area (TPSA) is 34.1 Å². The van der Waals surface area contributed by atoms with Crippen LogP contribution in [0.5, 0.6) is 0 Å². The van der Waals surface area contributed by atoms with Crippen molar-refractivity contribution in [3.05, 3.63) is 12.2 Å². The SMILES string of the molecule is CCCCCC=CCCCCCCCCCC(CC)(P(=O)=O)[N+](C)(C)C. The van der Waals surface area contributed by atoms with Gasteiger partial charge >= 0.3 is 7.68 Å². The minimum absolute atomic E-state index is 0.508. The van der Waals surface area contributed by atoms with Crippen LogP contribution in [0.15, 0.2) is 12.2 Å². The van der Waals surface area contributed by atoms with Crippen LogP contribution >= 0.6 is 7.68 Å². The first-order valence-corrected chi connectivity index (χ1v) is 12.1. The molecule has 0 N–H and O–H groups in total. The monoisotopic (exact) mass is 386 g/mol. The largest absolute Gasteiger partial charge is 0.378 e. The molecule has 1 atom stereocenters.